The Labute approximate surface area is 80.3 Å². The Morgan fingerprint density at radius 2 is 2.00 bits per heavy atom. The summed E-state index contributed by atoms with van der Waals surface area (Å²) in [5.74, 6) is 0.812. The SMILES string of the molecule is CC(C)[C@H]1CC[C@H](C)C[C@@H]1C(=O)O. The van der Waals surface area contributed by atoms with Gasteiger partial charge in [0.1, 0.15) is 0 Å². The summed E-state index contributed by atoms with van der Waals surface area (Å²) in [5, 5.41) is 9.08. The van der Waals surface area contributed by atoms with Gasteiger partial charge < -0.3 is 5.11 Å². The van der Waals surface area contributed by atoms with Gasteiger partial charge in [-0.05, 0) is 30.6 Å². The van der Waals surface area contributed by atoms with Crippen LogP contribution in [0.15, 0.2) is 0 Å². The van der Waals surface area contributed by atoms with Crippen molar-refractivity contribution in [2.24, 2.45) is 23.7 Å². The third-order valence-corrected chi connectivity index (χ3v) is 3.34. The Balaban J connectivity index is 2.66. The van der Waals surface area contributed by atoms with Crippen LogP contribution >= 0.6 is 0 Å². The summed E-state index contributed by atoms with van der Waals surface area (Å²) in [7, 11) is 0. The van der Waals surface area contributed by atoms with Crippen molar-refractivity contribution in [3.63, 3.8) is 0 Å². The Hall–Kier alpha value is -0.530. The van der Waals surface area contributed by atoms with Gasteiger partial charge in [-0.3, -0.25) is 4.79 Å². The lowest BCUT2D eigenvalue weighted by Gasteiger charge is -2.34. The minimum Gasteiger partial charge on any atom is -0.481 e. The van der Waals surface area contributed by atoms with Crippen LogP contribution in [0.3, 0.4) is 0 Å². The molecule has 1 fully saturated rings. The van der Waals surface area contributed by atoms with Crippen LogP contribution in [0, 0.1) is 23.7 Å². The van der Waals surface area contributed by atoms with E-state index in [1.54, 1.807) is 0 Å². The first-order chi connectivity index (χ1) is 6.02. The molecule has 0 aromatic carbocycles. The van der Waals surface area contributed by atoms with Crippen LogP contribution in [-0.2, 0) is 4.79 Å². The molecular formula is C11H20O2. The molecule has 0 heterocycles. The summed E-state index contributed by atoms with van der Waals surface area (Å²) in [6.07, 6.45) is 3.17. The van der Waals surface area contributed by atoms with Crippen LogP contribution in [0.4, 0.5) is 0 Å². The average Bonchev–Trinajstić information content (AvgIpc) is 2.03. The second-order valence-corrected chi connectivity index (χ2v) is 4.77. The van der Waals surface area contributed by atoms with Crippen molar-refractivity contribution in [1.82, 2.24) is 0 Å². The molecule has 0 bridgehead atoms. The molecule has 1 N–H and O–H groups in total. The molecule has 1 saturated carbocycles. The molecule has 0 amide bonds. The molecule has 1 aliphatic carbocycles. The van der Waals surface area contributed by atoms with Crippen molar-refractivity contribution in [3.05, 3.63) is 0 Å². The van der Waals surface area contributed by atoms with E-state index in [1.807, 2.05) is 0 Å². The maximum Gasteiger partial charge on any atom is 0.306 e. The normalized spacial score (nSPS) is 34.9. The minimum absolute atomic E-state index is 0.0938. The van der Waals surface area contributed by atoms with Gasteiger partial charge in [-0.2, -0.15) is 0 Å². The third kappa shape index (κ3) is 2.45. The van der Waals surface area contributed by atoms with Crippen molar-refractivity contribution in [2.75, 3.05) is 0 Å². The van der Waals surface area contributed by atoms with Gasteiger partial charge in [0.05, 0.1) is 5.92 Å². The van der Waals surface area contributed by atoms with E-state index in [-0.39, 0.29) is 5.92 Å². The monoisotopic (exact) mass is 184 g/mol. The number of hydrogen-bond acceptors (Lipinski definition) is 1. The summed E-state index contributed by atoms with van der Waals surface area (Å²) in [6.45, 7) is 6.43. The Kier molecular flexibility index (Phi) is 3.34. The van der Waals surface area contributed by atoms with Gasteiger partial charge in [0.2, 0.25) is 0 Å². The summed E-state index contributed by atoms with van der Waals surface area (Å²) in [5.41, 5.74) is 0. The van der Waals surface area contributed by atoms with E-state index in [9.17, 15) is 4.79 Å². The lowest BCUT2D eigenvalue weighted by Crippen LogP contribution is -2.33. The van der Waals surface area contributed by atoms with Crippen LogP contribution in [0.2, 0.25) is 0 Å². The third-order valence-electron chi connectivity index (χ3n) is 3.34. The summed E-state index contributed by atoms with van der Waals surface area (Å²) in [6, 6.07) is 0. The van der Waals surface area contributed by atoms with Gasteiger partial charge in [0, 0.05) is 0 Å². The molecule has 2 nitrogen and oxygen atoms in total. The number of rotatable bonds is 2. The lowest BCUT2D eigenvalue weighted by atomic mass is 9.70. The maximum absolute atomic E-state index is 11.0. The second-order valence-electron chi connectivity index (χ2n) is 4.77. The van der Waals surface area contributed by atoms with Crippen molar-refractivity contribution in [3.8, 4) is 0 Å². The quantitative estimate of drug-likeness (QED) is 0.716. The maximum atomic E-state index is 11.0. The highest BCUT2D eigenvalue weighted by Crippen LogP contribution is 2.37. The van der Waals surface area contributed by atoms with Gasteiger partial charge in [-0.1, -0.05) is 27.2 Å². The molecule has 13 heavy (non-hydrogen) atoms. The van der Waals surface area contributed by atoms with Crippen LogP contribution in [0.5, 0.6) is 0 Å². The second kappa shape index (κ2) is 4.12. The van der Waals surface area contributed by atoms with Crippen molar-refractivity contribution < 1.29 is 9.90 Å². The van der Waals surface area contributed by atoms with Crippen molar-refractivity contribution in [1.29, 1.82) is 0 Å². The highest BCUT2D eigenvalue weighted by molar-refractivity contribution is 5.70. The number of carbonyl (C=O) groups is 1. The molecule has 0 radical (unpaired) electrons. The van der Waals surface area contributed by atoms with Crippen molar-refractivity contribution >= 4 is 5.97 Å². The Bertz CT molecular complexity index is 187. The van der Waals surface area contributed by atoms with Gasteiger partial charge in [0.15, 0.2) is 0 Å². The molecule has 0 aromatic heterocycles. The predicted octanol–water partition coefficient (Wildman–Crippen LogP) is 2.78. The van der Waals surface area contributed by atoms with E-state index in [0.717, 1.165) is 12.8 Å². The highest BCUT2D eigenvalue weighted by Gasteiger charge is 2.35. The highest BCUT2D eigenvalue weighted by atomic mass is 16.4. The van der Waals surface area contributed by atoms with E-state index in [2.05, 4.69) is 20.8 Å². The molecule has 0 unspecified atom stereocenters. The molecule has 1 rings (SSSR count). The van der Waals surface area contributed by atoms with Gasteiger partial charge >= 0.3 is 5.97 Å². The Morgan fingerprint density at radius 1 is 1.38 bits per heavy atom. The number of hydrogen-bond donors (Lipinski definition) is 1. The zero-order chi connectivity index (χ0) is 10.0. The smallest absolute Gasteiger partial charge is 0.306 e. The molecule has 0 spiro atoms. The van der Waals surface area contributed by atoms with Gasteiger partial charge in [0.25, 0.3) is 0 Å². The van der Waals surface area contributed by atoms with Gasteiger partial charge in [-0.15, -0.1) is 0 Å². The molecular weight excluding hydrogens is 164 g/mol. The number of carboxylic acids is 1. The van der Waals surface area contributed by atoms with Crippen LogP contribution in [0.25, 0.3) is 0 Å². The number of aliphatic carboxylic acids is 1. The molecule has 1 aliphatic rings. The van der Waals surface area contributed by atoms with E-state index < -0.39 is 5.97 Å². The predicted molar refractivity (Wildman–Crippen MR) is 52.5 cm³/mol. The first-order valence-electron chi connectivity index (χ1n) is 5.25. The van der Waals surface area contributed by atoms with E-state index >= 15 is 0 Å². The topological polar surface area (TPSA) is 37.3 Å². The van der Waals surface area contributed by atoms with E-state index in [1.165, 1.54) is 6.42 Å². The van der Waals surface area contributed by atoms with E-state index in [0.29, 0.717) is 17.8 Å². The summed E-state index contributed by atoms with van der Waals surface area (Å²) in [4.78, 5) is 11.0. The first-order valence-corrected chi connectivity index (χ1v) is 5.25. The van der Waals surface area contributed by atoms with Crippen LogP contribution in [-0.4, -0.2) is 11.1 Å². The molecule has 0 aliphatic heterocycles. The van der Waals surface area contributed by atoms with Crippen molar-refractivity contribution in [2.45, 2.75) is 40.0 Å². The molecule has 0 saturated heterocycles. The molecule has 0 aromatic rings. The zero-order valence-electron chi connectivity index (χ0n) is 8.79. The minimum atomic E-state index is -0.592. The average molecular weight is 184 g/mol. The largest absolute Gasteiger partial charge is 0.481 e. The summed E-state index contributed by atoms with van der Waals surface area (Å²) >= 11 is 0. The molecule has 76 valence electrons. The van der Waals surface area contributed by atoms with E-state index in [4.69, 9.17) is 5.11 Å². The zero-order valence-corrected chi connectivity index (χ0v) is 8.79. The first kappa shape index (κ1) is 10.6. The summed E-state index contributed by atoms with van der Waals surface area (Å²) < 4.78 is 0. The lowest BCUT2D eigenvalue weighted by molar-refractivity contribution is -0.146. The van der Waals surface area contributed by atoms with Gasteiger partial charge in [-0.25, -0.2) is 0 Å². The van der Waals surface area contributed by atoms with Crippen LogP contribution in [0.1, 0.15) is 40.0 Å². The Morgan fingerprint density at radius 3 is 2.46 bits per heavy atom. The fourth-order valence-electron chi connectivity index (χ4n) is 2.49. The van der Waals surface area contributed by atoms with Crippen LogP contribution < -0.4 is 0 Å². The fourth-order valence-corrected chi connectivity index (χ4v) is 2.49. The molecule has 3 atom stereocenters. The number of carboxylic acid groups (broad SMARTS) is 1. The standard InChI is InChI=1S/C11H20O2/c1-7(2)9-5-4-8(3)6-10(9)11(12)13/h7-10H,4-6H2,1-3H3,(H,12,13)/t8-,9+,10-/m0/s1. The fraction of sp³-hybridized carbons (Fsp3) is 0.909. The molecule has 2 heteroatoms.